The molecule has 0 bridgehead atoms. The minimum Gasteiger partial charge on any atom is -0.395 e. The molecular weight excluding hydrogens is 486 g/mol. The van der Waals surface area contributed by atoms with E-state index >= 15 is 0 Å². The third-order valence-corrected chi connectivity index (χ3v) is 4.56. The maximum Gasteiger partial charge on any atom is 0.173 e. The quantitative estimate of drug-likeness (QED) is 0.315. The zero-order chi connectivity index (χ0) is 24.6. The molecule has 0 unspecified atom stereocenters. The van der Waals surface area contributed by atoms with E-state index in [0.717, 1.165) is 27.8 Å². The zero-order valence-electron chi connectivity index (χ0n) is 20.1. The highest BCUT2D eigenvalue weighted by Crippen LogP contribution is 2.23. The molecule has 3 rings (SSSR count). The number of carbonyl (C=O) groups is 1. The highest BCUT2D eigenvalue weighted by Gasteiger charge is 2.10. The Balaban J connectivity index is 0.000000518. The molecule has 0 aliphatic carbocycles. The van der Waals surface area contributed by atoms with Gasteiger partial charge in [0.1, 0.15) is 17.9 Å². The van der Waals surface area contributed by atoms with E-state index in [9.17, 15) is 4.79 Å². The van der Waals surface area contributed by atoms with Gasteiger partial charge in [-0.1, -0.05) is 32.4 Å². The van der Waals surface area contributed by atoms with Crippen LogP contribution < -0.4 is 16.0 Å². The molecular formula is C23H36BrN7O2. The van der Waals surface area contributed by atoms with Crippen molar-refractivity contribution in [3.63, 3.8) is 0 Å². The van der Waals surface area contributed by atoms with Gasteiger partial charge in [0, 0.05) is 31.9 Å². The third-order valence-electron chi connectivity index (χ3n) is 4.00. The van der Waals surface area contributed by atoms with E-state index in [-0.39, 0.29) is 6.61 Å². The second-order valence-corrected chi connectivity index (χ2v) is 8.20. The first kappa shape index (κ1) is 28.3. The van der Waals surface area contributed by atoms with Crippen molar-refractivity contribution in [2.24, 2.45) is 0 Å². The Morgan fingerprint density at radius 3 is 2.36 bits per heavy atom. The highest BCUT2D eigenvalue weighted by atomic mass is 79.9. The summed E-state index contributed by atoms with van der Waals surface area (Å²) in [5.41, 5.74) is 2.96. The van der Waals surface area contributed by atoms with Crippen LogP contribution in [0.2, 0.25) is 0 Å². The number of rotatable bonds is 9. The van der Waals surface area contributed by atoms with Crippen LogP contribution in [0, 0.1) is 0 Å². The summed E-state index contributed by atoms with van der Waals surface area (Å²) in [5, 5.41) is 22.9. The lowest BCUT2D eigenvalue weighted by atomic mass is 10.2. The van der Waals surface area contributed by atoms with Crippen LogP contribution in [0.3, 0.4) is 0 Å². The molecule has 0 aliphatic heterocycles. The van der Waals surface area contributed by atoms with Crippen molar-refractivity contribution >= 4 is 45.2 Å². The van der Waals surface area contributed by atoms with Crippen molar-refractivity contribution in [3.05, 3.63) is 46.6 Å². The summed E-state index contributed by atoms with van der Waals surface area (Å²) in [6.45, 7) is 5.94. The van der Waals surface area contributed by atoms with E-state index in [4.69, 9.17) is 5.11 Å². The van der Waals surface area contributed by atoms with Gasteiger partial charge in [0.15, 0.2) is 5.65 Å². The summed E-state index contributed by atoms with van der Waals surface area (Å²) in [7, 11) is 5.61. The molecule has 182 valence electrons. The number of hydrogen-bond acceptors (Lipinski definition) is 8. The molecule has 0 atom stereocenters. The minimum absolute atomic E-state index is 0.0495. The third kappa shape index (κ3) is 10.2. The van der Waals surface area contributed by atoms with Gasteiger partial charge >= 0.3 is 0 Å². The van der Waals surface area contributed by atoms with Crippen LogP contribution in [0.4, 0.5) is 17.3 Å². The summed E-state index contributed by atoms with van der Waals surface area (Å²) in [4.78, 5) is 15.9. The molecule has 0 amide bonds. The number of benzene rings is 1. The molecule has 9 nitrogen and oxygen atoms in total. The maximum absolute atomic E-state index is 9.57. The van der Waals surface area contributed by atoms with E-state index in [1.165, 1.54) is 6.42 Å². The van der Waals surface area contributed by atoms with Crippen LogP contribution >= 0.6 is 15.9 Å². The minimum atomic E-state index is 0.0495. The van der Waals surface area contributed by atoms with Gasteiger partial charge in [0.2, 0.25) is 0 Å². The van der Waals surface area contributed by atoms with Gasteiger partial charge in [-0.2, -0.15) is 9.61 Å². The highest BCUT2D eigenvalue weighted by molar-refractivity contribution is 9.10. The van der Waals surface area contributed by atoms with Gasteiger partial charge in [0.25, 0.3) is 0 Å². The summed E-state index contributed by atoms with van der Waals surface area (Å²) in [6, 6.07) is 10.1. The van der Waals surface area contributed by atoms with Gasteiger partial charge in [-0.15, -0.1) is 0 Å². The van der Waals surface area contributed by atoms with Gasteiger partial charge in [-0.25, -0.2) is 4.98 Å². The van der Waals surface area contributed by atoms with Crippen molar-refractivity contribution in [3.8, 4) is 0 Å². The molecule has 0 spiro atoms. The Labute approximate surface area is 204 Å². The smallest absolute Gasteiger partial charge is 0.173 e. The van der Waals surface area contributed by atoms with Crippen molar-refractivity contribution in [1.29, 1.82) is 0 Å². The first-order chi connectivity index (χ1) is 15.9. The number of fused-ring (bicyclic) bond motifs is 1. The number of likely N-dealkylation sites (N-methyl/N-ethyl adjacent to an activating group) is 1. The Morgan fingerprint density at radius 2 is 1.85 bits per heavy atom. The number of aromatic nitrogens is 3. The fraction of sp³-hybridized carbons (Fsp3) is 0.435. The van der Waals surface area contributed by atoms with Gasteiger partial charge in [0.05, 0.1) is 23.8 Å². The number of nitrogens with zero attached hydrogens (tertiary/aromatic N) is 4. The number of aliphatic hydroxyl groups is 1. The van der Waals surface area contributed by atoms with Crippen LogP contribution in [0.5, 0.6) is 0 Å². The lowest BCUT2D eigenvalue weighted by Crippen LogP contribution is -2.13. The van der Waals surface area contributed by atoms with Crippen molar-refractivity contribution in [2.75, 3.05) is 56.8 Å². The van der Waals surface area contributed by atoms with Crippen LogP contribution in [0.1, 0.15) is 25.8 Å². The summed E-state index contributed by atoms with van der Waals surface area (Å²) >= 11 is 3.46. The molecule has 0 radical (unpaired) electrons. The number of anilines is 3. The normalized spacial score (nSPS) is 10.1. The Hall–Kier alpha value is -2.69. The lowest BCUT2D eigenvalue weighted by Gasteiger charge is -2.12. The molecule has 0 fully saturated rings. The molecule has 0 aliphatic rings. The molecule has 2 aromatic heterocycles. The first-order valence-corrected chi connectivity index (χ1v) is 11.7. The van der Waals surface area contributed by atoms with E-state index in [2.05, 4.69) is 67.9 Å². The number of aliphatic hydroxyl groups excluding tert-OH is 1. The van der Waals surface area contributed by atoms with Crippen LogP contribution in [0.15, 0.2) is 41.0 Å². The second-order valence-electron chi connectivity index (χ2n) is 7.34. The van der Waals surface area contributed by atoms with Gasteiger partial charge in [-0.3, -0.25) is 0 Å². The average Bonchev–Trinajstić information content (AvgIpc) is 3.18. The topological polar surface area (TPSA) is 107 Å². The molecule has 3 aromatic rings. The van der Waals surface area contributed by atoms with Crippen molar-refractivity contribution in [1.82, 2.24) is 19.5 Å². The monoisotopic (exact) mass is 521 g/mol. The molecule has 1 aromatic carbocycles. The summed E-state index contributed by atoms with van der Waals surface area (Å²) < 4.78 is 2.56. The summed E-state index contributed by atoms with van der Waals surface area (Å²) in [6.07, 6.45) is 3.84. The first-order valence-electron chi connectivity index (χ1n) is 10.9. The average molecular weight is 522 g/mol. The van der Waals surface area contributed by atoms with Gasteiger partial charge < -0.3 is 30.8 Å². The van der Waals surface area contributed by atoms with Crippen molar-refractivity contribution in [2.45, 2.75) is 26.8 Å². The zero-order valence-corrected chi connectivity index (χ0v) is 21.7. The predicted molar refractivity (Wildman–Crippen MR) is 140 cm³/mol. The van der Waals surface area contributed by atoms with Crippen molar-refractivity contribution < 1.29 is 9.90 Å². The predicted octanol–water partition coefficient (Wildman–Crippen LogP) is 3.71. The molecule has 0 saturated heterocycles. The fourth-order valence-corrected chi connectivity index (χ4v) is 2.82. The van der Waals surface area contributed by atoms with E-state index in [1.54, 1.807) is 10.7 Å². The maximum atomic E-state index is 9.57. The molecule has 4 N–H and O–H groups in total. The van der Waals surface area contributed by atoms with E-state index in [1.807, 2.05) is 44.2 Å². The number of carbonyl (C=O) groups excluding carboxylic acids is 1. The van der Waals surface area contributed by atoms with E-state index < -0.39 is 0 Å². The van der Waals surface area contributed by atoms with Gasteiger partial charge in [-0.05, 0) is 47.7 Å². The molecule has 2 heterocycles. The fourth-order valence-electron chi connectivity index (χ4n) is 2.47. The van der Waals surface area contributed by atoms with Crippen LogP contribution in [-0.2, 0) is 11.3 Å². The number of hydrogen-bond donors (Lipinski definition) is 4. The Bertz CT molecular complexity index is 946. The number of aldehydes is 1. The Morgan fingerprint density at radius 1 is 1.18 bits per heavy atom. The standard InChI is InChI=1S/C16H19BrN6O.C4H9NO.C3H8/c1-18-12-4-2-11(3-5-12)9-20-15-8-14(19-6-7-24)22-16-13(17)10-21-23(15)16;1-5(2)3-4-6;1-3-2/h2-5,8,10,18,20,24H,6-7,9H2,1H3,(H,19,22);4H,3H2,1-2H3;3H2,1-2H3. The van der Waals surface area contributed by atoms with E-state index in [0.29, 0.717) is 31.1 Å². The molecule has 0 saturated carbocycles. The molecule has 10 heteroatoms. The van der Waals surface area contributed by atoms with Crippen LogP contribution in [-0.4, -0.2) is 71.7 Å². The lowest BCUT2D eigenvalue weighted by molar-refractivity contribution is -0.108. The Kier molecular flexibility index (Phi) is 13.7. The SMILES string of the molecule is CCC.CN(C)CC=O.CNc1ccc(CNc2cc(NCCO)nc3c(Br)cnn23)cc1. The second kappa shape index (κ2) is 16.0. The number of nitrogens with one attached hydrogen (secondary N) is 3. The molecule has 33 heavy (non-hydrogen) atoms. The van der Waals surface area contributed by atoms with Crippen LogP contribution in [0.25, 0.3) is 5.65 Å². The number of halogens is 1. The summed E-state index contributed by atoms with van der Waals surface area (Å²) in [5.74, 6) is 1.51. The largest absolute Gasteiger partial charge is 0.395 e.